The number of anilines is 1. The number of rotatable bonds is 8. The lowest BCUT2D eigenvalue weighted by Gasteiger charge is -2.19. The van der Waals surface area contributed by atoms with Gasteiger partial charge in [-0.1, -0.05) is 49.7 Å². The van der Waals surface area contributed by atoms with Crippen LogP contribution in [0, 0.1) is 0 Å². The molecule has 0 aromatic heterocycles. The summed E-state index contributed by atoms with van der Waals surface area (Å²) < 4.78 is 5.75. The minimum atomic E-state index is -0.721. The number of hydrogen-bond acceptors (Lipinski definition) is 3. The van der Waals surface area contributed by atoms with Crippen LogP contribution in [0.1, 0.15) is 37.0 Å². The van der Waals surface area contributed by atoms with Crippen molar-refractivity contribution in [1.82, 2.24) is 5.32 Å². The van der Waals surface area contributed by atoms with E-state index in [1.54, 1.807) is 48.5 Å². The summed E-state index contributed by atoms with van der Waals surface area (Å²) in [5.41, 5.74) is 0.870. The van der Waals surface area contributed by atoms with Crippen LogP contribution in [-0.4, -0.2) is 24.5 Å². The smallest absolute Gasteiger partial charge is 0.265 e. The van der Waals surface area contributed by atoms with Gasteiger partial charge in [0.05, 0.1) is 16.3 Å². The second-order valence-electron chi connectivity index (χ2n) is 5.74. The highest BCUT2D eigenvalue weighted by Crippen LogP contribution is 2.25. The molecular formula is C20H23ClN2O3. The SMILES string of the molecule is CCCNC(=O)c1ccccc1NC(=O)[C@H](CC)Oc1ccccc1Cl. The van der Waals surface area contributed by atoms with Crippen molar-refractivity contribution in [3.63, 3.8) is 0 Å². The van der Waals surface area contributed by atoms with Gasteiger partial charge in [0.15, 0.2) is 6.10 Å². The first-order valence-corrected chi connectivity index (χ1v) is 9.03. The molecule has 2 aromatic rings. The Bertz CT molecular complexity index is 764. The number of amides is 2. The zero-order valence-electron chi connectivity index (χ0n) is 14.9. The van der Waals surface area contributed by atoms with Gasteiger partial charge in [-0.25, -0.2) is 0 Å². The highest BCUT2D eigenvalue weighted by atomic mass is 35.5. The Balaban J connectivity index is 2.13. The summed E-state index contributed by atoms with van der Waals surface area (Å²) in [7, 11) is 0. The maximum atomic E-state index is 12.6. The van der Waals surface area contributed by atoms with Gasteiger partial charge in [-0.05, 0) is 37.1 Å². The molecule has 0 saturated carbocycles. The second-order valence-corrected chi connectivity index (χ2v) is 6.14. The van der Waals surface area contributed by atoms with Gasteiger partial charge >= 0.3 is 0 Å². The Morgan fingerprint density at radius 3 is 2.46 bits per heavy atom. The topological polar surface area (TPSA) is 67.4 Å². The summed E-state index contributed by atoms with van der Waals surface area (Å²) in [5.74, 6) is -0.101. The molecule has 5 nitrogen and oxygen atoms in total. The molecule has 2 rings (SSSR count). The Morgan fingerprint density at radius 1 is 1.08 bits per heavy atom. The average Bonchev–Trinajstić information content (AvgIpc) is 2.65. The van der Waals surface area contributed by atoms with Gasteiger partial charge in [0.1, 0.15) is 5.75 Å². The van der Waals surface area contributed by atoms with Crippen LogP contribution in [0.2, 0.25) is 5.02 Å². The molecule has 2 N–H and O–H groups in total. The van der Waals surface area contributed by atoms with Gasteiger partial charge in [-0.15, -0.1) is 0 Å². The number of nitrogens with one attached hydrogen (secondary N) is 2. The van der Waals surface area contributed by atoms with E-state index in [-0.39, 0.29) is 11.8 Å². The summed E-state index contributed by atoms with van der Waals surface area (Å²) in [6.45, 7) is 4.40. The van der Waals surface area contributed by atoms with E-state index in [1.807, 2.05) is 13.8 Å². The molecule has 0 unspecified atom stereocenters. The van der Waals surface area contributed by atoms with E-state index < -0.39 is 6.10 Å². The van der Waals surface area contributed by atoms with Crippen LogP contribution < -0.4 is 15.4 Å². The van der Waals surface area contributed by atoms with Crippen molar-refractivity contribution < 1.29 is 14.3 Å². The molecular weight excluding hydrogens is 352 g/mol. The molecule has 1 atom stereocenters. The van der Waals surface area contributed by atoms with Crippen LogP contribution in [0.4, 0.5) is 5.69 Å². The molecule has 0 aliphatic rings. The normalized spacial score (nSPS) is 11.5. The molecule has 0 spiro atoms. The number of halogens is 1. The Kier molecular flexibility index (Phi) is 7.48. The van der Waals surface area contributed by atoms with Crippen molar-refractivity contribution in [2.75, 3.05) is 11.9 Å². The quantitative estimate of drug-likeness (QED) is 0.724. The summed E-state index contributed by atoms with van der Waals surface area (Å²) in [4.78, 5) is 24.9. The van der Waals surface area contributed by atoms with Crippen molar-refractivity contribution in [2.45, 2.75) is 32.8 Å². The van der Waals surface area contributed by atoms with Gasteiger partial charge in [-0.2, -0.15) is 0 Å². The van der Waals surface area contributed by atoms with Crippen molar-refractivity contribution in [1.29, 1.82) is 0 Å². The molecule has 0 saturated heterocycles. The Morgan fingerprint density at radius 2 is 1.77 bits per heavy atom. The first-order valence-electron chi connectivity index (χ1n) is 8.66. The van der Waals surface area contributed by atoms with Crippen molar-refractivity contribution in [3.05, 3.63) is 59.1 Å². The fourth-order valence-electron chi connectivity index (χ4n) is 2.35. The third kappa shape index (κ3) is 5.23. The molecule has 0 aliphatic heterocycles. The summed E-state index contributed by atoms with van der Waals surface area (Å²) in [6, 6.07) is 13.9. The Hall–Kier alpha value is -2.53. The third-order valence-electron chi connectivity index (χ3n) is 3.73. The predicted molar refractivity (Wildman–Crippen MR) is 104 cm³/mol. The van der Waals surface area contributed by atoms with E-state index in [2.05, 4.69) is 10.6 Å². The van der Waals surface area contributed by atoms with E-state index in [1.165, 1.54) is 0 Å². The molecule has 2 aromatic carbocycles. The minimum absolute atomic E-state index is 0.220. The molecule has 0 aliphatic carbocycles. The van der Waals surface area contributed by atoms with E-state index in [0.717, 1.165) is 6.42 Å². The first kappa shape index (κ1) is 19.8. The highest BCUT2D eigenvalue weighted by molar-refractivity contribution is 6.32. The fourth-order valence-corrected chi connectivity index (χ4v) is 2.53. The van der Waals surface area contributed by atoms with E-state index in [0.29, 0.717) is 35.0 Å². The van der Waals surface area contributed by atoms with Crippen LogP contribution in [-0.2, 0) is 4.79 Å². The van der Waals surface area contributed by atoms with Crippen LogP contribution in [0.15, 0.2) is 48.5 Å². The number of para-hydroxylation sites is 2. The molecule has 0 fully saturated rings. The lowest BCUT2D eigenvalue weighted by Crippen LogP contribution is -2.33. The van der Waals surface area contributed by atoms with Crippen LogP contribution in [0.5, 0.6) is 5.75 Å². The predicted octanol–water partition coefficient (Wildman–Crippen LogP) is 4.28. The molecule has 0 radical (unpaired) electrons. The largest absolute Gasteiger partial charge is 0.479 e. The zero-order chi connectivity index (χ0) is 18.9. The maximum absolute atomic E-state index is 12.6. The molecule has 26 heavy (non-hydrogen) atoms. The molecule has 0 heterocycles. The average molecular weight is 375 g/mol. The summed E-state index contributed by atoms with van der Waals surface area (Å²) in [5, 5.41) is 6.05. The number of ether oxygens (including phenoxy) is 1. The zero-order valence-corrected chi connectivity index (χ0v) is 15.7. The van der Waals surface area contributed by atoms with Gasteiger partial charge in [0.25, 0.3) is 11.8 Å². The minimum Gasteiger partial charge on any atom is -0.479 e. The van der Waals surface area contributed by atoms with Crippen LogP contribution >= 0.6 is 11.6 Å². The lowest BCUT2D eigenvalue weighted by atomic mass is 10.1. The third-order valence-corrected chi connectivity index (χ3v) is 4.05. The summed E-state index contributed by atoms with van der Waals surface area (Å²) >= 11 is 6.10. The number of carbonyl (C=O) groups excluding carboxylic acids is 2. The monoisotopic (exact) mass is 374 g/mol. The summed E-state index contributed by atoms with van der Waals surface area (Å²) in [6.07, 6.45) is 0.576. The number of carbonyl (C=O) groups is 2. The number of hydrogen-bond donors (Lipinski definition) is 2. The molecule has 2 amide bonds. The van der Waals surface area contributed by atoms with Crippen molar-refractivity contribution in [2.24, 2.45) is 0 Å². The highest BCUT2D eigenvalue weighted by Gasteiger charge is 2.21. The van der Waals surface area contributed by atoms with E-state index in [9.17, 15) is 9.59 Å². The van der Waals surface area contributed by atoms with Gasteiger partial charge in [0, 0.05) is 6.54 Å². The van der Waals surface area contributed by atoms with Crippen LogP contribution in [0.3, 0.4) is 0 Å². The van der Waals surface area contributed by atoms with Gasteiger partial charge in [0.2, 0.25) is 0 Å². The van der Waals surface area contributed by atoms with Crippen molar-refractivity contribution in [3.8, 4) is 5.75 Å². The molecule has 138 valence electrons. The van der Waals surface area contributed by atoms with Gasteiger partial charge in [-0.3, -0.25) is 9.59 Å². The lowest BCUT2D eigenvalue weighted by molar-refractivity contribution is -0.122. The van der Waals surface area contributed by atoms with E-state index >= 15 is 0 Å². The number of benzene rings is 2. The maximum Gasteiger partial charge on any atom is 0.265 e. The second kappa shape index (κ2) is 9.82. The first-order chi connectivity index (χ1) is 12.6. The molecule has 0 bridgehead atoms. The fraction of sp³-hybridized carbons (Fsp3) is 0.300. The Labute approximate surface area is 158 Å². The standard InChI is InChI=1S/C20H23ClN2O3/c1-3-13-22-19(24)14-9-5-7-11-16(14)23-20(25)17(4-2)26-18-12-8-6-10-15(18)21/h5-12,17H,3-4,13H2,1-2H3,(H,22,24)(H,23,25)/t17-/m0/s1. The van der Waals surface area contributed by atoms with Crippen molar-refractivity contribution >= 4 is 29.1 Å². The van der Waals surface area contributed by atoms with Gasteiger partial charge < -0.3 is 15.4 Å². The van der Waals surface area contributed by atoms with Crippen LogP contribution in [0.25, 0.3) is 0 Å². The molecule has 6 heteroatoms. The van der Waals surface area contributed by atoms with E-state index in [4.69, 9.17) is 16.3 Å².